The standard InChI is InChI=1S/C25H26Cl2N2O3S/c1-18-12-14-21(15-13-18)33(31,32)29(24-11-5-10-22(26)19(24)2)17-25(30)28-16-6-8-20-7-3-4-9-23(20)27/h3-5,7,9-15H,6,8,16-17H2,1-2H3,(H,28,30). The first-order valence-electron chi connectivity index (χ1n) is 10.5. The second-order valence-electron chi connectivity index (χ2n) is 7.75. The summed E-state index contributed by atoms with van der Waals surface area (Å²) in [6.45, 7) is 3.66. The highest BCUT2D eigenvalue weighted by Gasteiger charge is 2.28. The normalized spacial score (nSPS) is 11.3. The molecule has 0 saturated heterocycles. The molecule has 0 saturated carbocycles. The van der Waals surface area contributed by atoms with Crippen LogP contribution in [0, 0.1) is 13.8 Å². The molecule has 0 bridgehead atoms. The zero-order chi connectivity index (χ0) is 24.0. The van der Waals surface area contributed by atoms with E-state index in [1.165, 1.54) is 0 Å². The van der Waals surface area contributed by atoms with Gasteiger partial charge in [0, 0.05) is 16.6 Å². The van der Waals surface area contributed by atoms with Gasteiger partial charge >= 0.3 is 0 Å². The Kier molecular flexibility index (Phi) is 8.40. The van der Waals surface area contributed by atoms with Crippen molar-refractivity contribution in [2.75, 3.05) is 17.4 Å². The predicted octanol–water partition coefficient (Wildman–Crippen LogP) is 5.55. The second-order valence-corrected chi connectivity index (χ2v) is 10.4. The molecule has 3 aromatic rings. The Morgan fingerprint density at radius 3 is 2.27 bits per heavy atom. The van der Waals surface area contributed by atoms with Gasteiger partial charge in [0.15, 0.2) is 0 Å². The number of benzene rings is 3. The van der Waals surface area contributed by atoms with E-state index in [1.54, 1.807) is 49.4 Å². The van der Waals surface area contributed by atoms with Gasteiger partial charge in [-0.2, -0.15) is 0 Å². The van der Waals surface area contributed by atoms with Crippen LogP contribution in [0.25, 0.3) is 0 Å². The quantitative estimate of drug-likeness (QED) is 0.388. The van der Waals surface area contributed by atoms with Crippen LogP contribution in [0.5, 0.6) is 0 Å². The maximum Gasteiger partial charge on any atom is 0.264 e. The van der Waals surface area contributed by atoms with Crippen molar-refractivity contribution >= 4 is 44.8 Å². The summed E-state index contributed by atoms with van der Waals surface area (Å²) in [5.41, 5.74) is 2.90. The lowest BCUT2D eigenvalue weighted by atomic mass is 10.1. The van der Waals surface area contributed by atoms with Crippen molar-refractivity contribution < 1.29 is 13.2 Å². The van der Waals surface area contributed by atoms with Gasteiger partial charge in [-0.1, -0.05) is 65.2 Å². The van der Waals surface area contributed by atoms with Crippen molar-refractivity contribution in [3.05, 3.63) is 93.5 Å². The van der Waals surface area contributed by atoms with E-state index < -0.39 is 15.9 Å². The molecule has 3 aromatic carbocycles. The molecule has 174 valence electrons. The number of carbonyl (C=O) groups excluding carboxylic acids is 1. The number of hydrogen-bond acceptors (Lipinski definition) is 3. The van der Waals surface area contributed by atoms with Gasteiger partial charge in [0.25, 0.3) is 10.0 Å². The van der Waals surface area contributed by atoms with Crippen LogP contribution in [0.15, 0.2) is 71.6 Å². The van der Waals surface area contributed by atoms with Gasteiger partial charge in [-0.15, -0.1) is 0 Å². The number of nitrogens with one attached hydrogen (secondary N) is 1. The van der Waals surface area contributed by atoms with Crippen LogP contribution in [0.3, 0.4) is 0 Å². The highest BCUT2D eigenvalue weighted by molar-refractivity contribution is 7.92. The molecule has 0 aliphatic heterocycles. The molecule has 0 aromatic heterocycles. The Balaban J connectivity index is 1.77. The largest absolute Gasteiger partial charge is 0.355 e. The van der Waals surface area contributed by atoms with Crippen molar-refractivity contribution in [1.29, 1.82) is 0 Å². The lowest BCUT2D eigenvalue weighted by Gasteiger charge is -2.26. The molecule has 0 radical (unpaired) electrons. The first kappa shape index (κ1) is 25.1. The summed E-state index contributed by atoms with van der Waals surface area (Å²) in [7, 11) is -3.99. The van der Waals surface area contributed by atoms with Crippen LogP contribution >= 0.6 is 23.2 Å². The summed E-state index contributed by atoms with van der Waals surface area (Å²) in [6.07, 6.45) is 1.38. The molecule has 0 unspecified atom stereocenters. The topological polar surface area (TPSA) is 66.5 Å². The third kappa shape index (κ3) is 6.28. The fourth-order valence-electron chi connectivity index (χ4n) is 3.40. The fourth-order valence-corrected chi connectivity index (χ4v) is 5.28. The summed E-state index contributed by atoms with van der Waals surface area (Å²) in [5, 5.41) is 3.94. The zero-order valence-electron chi connectivity index (χ0n) is 18.5. The zero-order valence-corrected chi connectivity index (χ0v) is 20.8. The predicted molar refractivity (Wildman–Crippen MR) is 135 cm³/mol. The minimum atomic E-state index is -3.99. The number of amides is 1. The van der Waals surface area contributed by atoms with Crippen LogP contribution in [0.1, 0.15) is 23.1 Å². The molecule has 1 amide bonds. The van der Waals surface area contributed by atoms with E-state index >= 15 is 0 Å². The summed E-state index contributed by atoms with van der Waals surface area (Å²) in [4.78, 5) is 12.9. The van der Waals surface area contributed by atoms with E-state index in [0.29, 0.717) is 40.7 Å². The van der Waals surface area contributed by atoms with Crippen LogP contribution in [-0.4, -0.2) is 27.4 Å². The van der Waals surface area contributed by atoms with Crippen LogP contribution < -0.4 is 9.62 Å². The summed E-state index contributed by atoms with van der Waals surface area (Å²) in [5.74, 6) is -0.399. The van der Waals surface area contributed by atoms with Gasteiger partial charge in [-0.3, -0.25) is 9.10 Å². The van der Waals surface area contributed by atoms with Gasteiger partial charge in [-0.25, -0.2) is 8.42 Å². The van der Waals surface area contributed by atoms with Gasteiger partial charge in [0.1, 0.15) is 6.54 Å². The maximum atomic E-state index is 13.5. The number of halogens is 2. The number of rotatable bonds is 9. The van der Waals surface area contributed by atoms with E-state index in [1.807, 2.05) is 31.2 Å². The molecule has 1 N–H and O–H groups in total. The molecule has 0 heterocycles. The smallest absolute Gasteiger partial charge is 0.264 e. The minimum Gasteiger partial charge on any atom is -0.355 e. The average Bonchev–Trinajstić information content (AvgIpc) is 2.78. The van der Waals surface area contributed by atoms with E-state index in [2.05, 4.69) is 5.32 Å². The molecule has 0 spiro atoms. The fraction of sp³-hybridized carbons (Fsp3) is 0.240. The monoisotopic (exact) mass is 504 g/mol. The molecule has 0 atom stereocenters. The lowest BCUT2D eigenvalue weighted by molar-refractivity contribution is -0.119. The second kappa shape index (κ2) is 11.1. The van der Waals surface area contributed by atoms with Crippen molar-refractivity contribution in [2.45, 2.75) is 31.6 Å². The molecule has 3 rings (SSSR count). The van der Waals surface area contributed by atoms with Gasteiger partial charge in [-0.05, 0) is 68.1 Å². The molecule has 5 nitrogen and oxygen atoms in total. The van der Waals surface area contributed by atoms with E-state index in [4.69, 9.17) is 23.2 Å². The molecule has 0 fully saturated rings. The van der Waals surface area contributed by atoms with Gasteiger partial charge < -0.3 is 5.32 Å². The highest BCUT2D eigenvalue weighted by atomic mass is 35.5. The molecule has 8 heteroatoms. The van der Waals surface area contributed by atoms with Crippen molar-refractivity contribution in [3.8, 4) is 0 Å². The highest BCUT2D eigenvalue weighted by Crippen LogP contribution is 2.30. The van der Waals surface area contributed by atoms with Crippen LogP contribution in [-0.2, 0) is 21.2 Å². The molecule has 33 heavy (non-hydrogen) atoms. The Morgan fingerprint density at radius 1 is 0.909 bits per heavy atom. The molecular formula is C25H26Cl2N2O3S. The number of sulfonamides is 1. The summed E-state index contributed by atoms with van der Waals surface area (Å²) < 4.78 is 28.1. The molecular weight excluding hydrogens is 479 g/mol. The third-order valence-electron chi connectivity index (χ3n) is 5.31. The number of hydrogen-bond donors (Lipinski definition) is 1. The van der Waals surface area contributed by atoms with E-state index in [0.717, 1.165) is 15.4 Å². The first-order chi connectivity index (χ1) is 15.7. The molecule has 0 aliphatic carbocycles. The minimum absolute atomic E-state index is 0.110. The number of aryl methyl sites for hydroxylation is 2. The first-order valence-corrected chi connectivity index (χ1v) is 12.7. The number of nitrogens with zero attached hydrogens (tertiary/aromatic N) is 1. The summed E-state index contributed by atoms with van der Waals surface area (Å²) in [6, 6.07) is 19.1. The number of carbonyl (C=O) groups is 1. The average molecular weight is 505 g/mol. The van der Waals surface area contributed by atoms with E-state index in [-0.39, 0.29) is 11.4 Å². The third-order valence-corrected chi connectivity index (χ3v) is 7.86. The Labute approximate surface area is 205 Å². The van der Waals surface area contributed by atoms with Gasteiger partial charge in [0.2, 0.25) is 5.91 Å². The number of anilines is 1. The van der Waals surface area contributed by atoms with Crippen molar-refractivity contribution in [3.63, 3.8) is 0 Å². The summed E-state index contributed by atoms with van der Waals surface area (Å²) >= 11 is 12.4. The van der Waals surface area contributed by atoms with Crippen molar-refractivity contribution in [1.82, 2.24) is 5.32 Å². The van der Waals surface area contributed by atoms with Crippen LogP contribution in [0.2, 0.25) is 10.0 Å². The Hall–Kier alpha value is -2.54. The van der Waals surface area contributed by atoms with Crippen LogP contribution in [0.4, 0.5) is 5.69 Å². The Bertz CT molecular complexity index is 1230. The SMILES string of the molecule is Cc1ccc(S(=O)(=O)N(CC(=O)NCCCc2ccccc2Cl)c2cccc(Cl)c2C)cc1. The Morgan fingerprint density at radius 2 is 1.58 bits per heavy atom. The molecule has 0 aliphatic rings. The lowest BCUT2D eigenvalue weighted by Crippen LogP contribution is -2.41. The maximum absolute atomic E-state index is 13.5. The van der Waals surface area contributed by atoms with Gasteiger partial charge in [0.05, 0.1) is 10.6 Å². The van der Waals surface area contributed by atoms with E-state index in [9.17, 15) is 13.2 Å². The van der Waals surface area contributed by atoms with Crippen molar-refractivity contribution in [2.24, 2.45) is 0 Å².